The van der Waals surface area contributed by atoms with Gasteiger partial charge in [-0.15, -0.1) is 0 Å². The van der Waals surface area contributed by atoms with E-state index in [1.54, 1.807) is 0 Å². The third-order valence-corrected chi connectivity index (χ3v) is 2.59. The van der Waals surface area contributed by atoms with Crippen LogP contribution in [-0.4, -0.2) is 55.8 Å². The highest BCUT2D eigenvalue weighted by Crippen LogP contribution is 1.90. The molecule has 1 radical (unpaired) electrons. The van der Waals surface area contributed by atoms with Crippen molar-refractivity contribution in [2.45, 2.75) is 0 Å². The Labute approximate surface area is 97.5 Å². The lowest BCUT2D eigenvalue weighted by molar-refractivity contribution is 0.276. The molecule has 0 aliphatic carbocycles. The van der Waals surface area contributed by atoms with E-state index in [2.05, 4.69) is 47.8 Å². The molecular formula is C11H20BN2O2. The number of rotatable bonds is 3. The quantitative estimate of drug-likeness (QED) is 0.615. The van der Waals surface area contributed by atoms with Gasteiger partial charge in [0.2, 0.25) is 0 Å². The van der Waals surface area contributed by atoms with Gasteiger partial charge in [0, 0.05) is 26.2 Å². The Morgan fingerprint density at radius 2 is 1.69 bits per heavy atom. The van der Waals surface area contributed by atoms with Gasteiger partial charge in [-0.1, -0.05) is 35.8 Å². The van der Waals surface area contributed by atoms with E-state index in [4.69, 9.17) is 0 Å². The van der Waals surface area contributed by atoms with Crippen LogP contribution in [0, 0.1) is 0 Å². The summed E-state index contributed by atoms with van der Waals surface area (Å²) in [5.74, 6) is 0. The summed E-state index contributed by atoms with van der Waals surface area (Å²) in [7, 11) is 2.30. The highest BCUT2D eigenvalue weighted by Gasteiger charge is 2.08. The van der Waals surface area contributed by atoms with Gasteiger partial charge in [-0.3, -0.25) is 0 Å². The minimum absolute atomic E-state index is 0. The fourth-order valence-corrected chi connectivity index (χ4v) is 1.72. The summed E-state index contributed by atoms with van der Waals surface area (Å²) in [6.07, 6.45) is 1.08. The summed E-state index contributed by atoms with van der Waals surface area (Å²) < 4.78 is 0. The zero-order valence-electron chi connectivity index (χ0n) is 9.45. The molecule has 0 amide bonds. The van der Waals surface area contributed by atoms with Crippen LogP contribution in [0.25, 0.3) is 0 Å². The van der Waals surface area contributed by atoms with Gasteiger partial charge >= 0.3 is 0 Å². The summed E-state index contributed by atoms with van der Waals surface area (Å²) >= 11 is 0. The van der Waals surface area contributed by atoms with Crippen molar-refractivity contribution < 1.29 is 11.0 Å². The minimum atomic E-state index is 0. The van der Waals surface area contributed by atoms with Crippen LogP contribution in [0.15, 0.2) is 30.3 Å². The van der Waals surface area contributed by atoms with E-state index < -0.39 is 0 Å². The second kappa shape index (κ2) is 8.30. The van der Waals surface area contributed by atoms with E-state index >= 15 is 0 Å². The zero-order chi connectivity index (χ0) is 9.64. The Hall–Kier alpha value is -0.875. The molecule has 89 valence electrons. The summed E-state index contributed by atoms with van der Waals surface area (Å²) in [6.45, 7) is 4.60. The smallest absolute Gasteiger partial charge is 0.169 e. The lowest BCUT2D eigenvalue weighted by Crippen LogP contribution is -2.46. The van der Waals surface area contributed by atoms with Gasteiger partial charge in [0.1, 0.15) is 0 Å². The van der Waals surface area contributed by atoms with E-state index in [0.29, 0.717) is 0 Å². The van der Waals surface area contributed by atoms with Crippen LogP contribution in [0.4, 0.5) is 0 Å². The second-order valence-corrected chi connectivity index (χ2v) is 3.67. The maximum absolute atomic E-state index is 3.36. The molecule has 0 saturated carbocycles. The van der Waals surface area contributed by atoms with Crippen LogP contribution < -0.4 is 10.8 Å². The maximum Gasteiger partial charge on any atom is 0.169 e. The van der Waals surface area contributed by atoms with Gasteiger partial charge in [0.15, 0.2) is 7.28 Å². The Bertz CT molecular complexity index is 266. The van der Waals surface area contributed by atoms with Crippen molar-refractivity contribution in [3.05, 3.63) is 30.3 Å². The molecule has 0 bridgehead atoms. The molecule has 1 aromatic carbocycles. The molecule has 1 aromatic rings. The van der Waals surface area contributed by atoms with Crippen LogP contribution in [-0.2, 0) is 0 Å². The lowest BCUT2D eigenvalue weighted by atomic mass is 9.70. The normalized spacial score (nSPS) is 15.8. The molecule has 1 fully saturated rings. The Balaban J connectivity index is 0.00000112. The number of hydrogen-bond donors (Lipinski definition) is 1. The molecule has 1 heterocycles. The fourth-order valence-electron chi connectivity index (χ4n) is 1.72. The van der Waals surface area contributed by atoms with Gasteiger partial charge in [-0.25, -0.2) is 0 Å². The Morgan fingerprint density at radius 1 is 1.06 bits per heavy atom. The van der Waals surface area contributed by atoms with Gasteiger partial charge in [0.25, 0.3) is 0 Å². The van der Waals surface area contributed by atoms with Crippen LogP contribution in [0.1, 0.15) is 0 Å². The molecule has 2 rings (SSSR count). The molecule has 1 saturated heterocycles. The molecule has 0 spiro atoms. The monoisotopic (exact) mass is 223 g/mol. The van der Waals surface area contributed by atoms with Gasteiger partial charge in [-0.2, -0.15) is 0 Å². The highest BCUT2D eigenvalue weighted by molar-refractivity contribution is 6.53. The standard InChI is InChI=1S/C11H16BN2.2H2O/c1-2-4-11(5-3-1)12-10-14-8-6-13-7-9-14;;/h1-5,13H,6-10H2;2*1H2. The van der Waals surface area contributed by atoms with Gasteiger partial charge < -0.3 is 21.2 Å². The first-order valence-corrected chi connectivity index (χ1v) is 5.26. The van der Waals surface area contributed by atoms with Crippen molar-refractivity contribution in [2.75, 3.05) is 32.6 Å². The first kappa shape index (κ1) is 15.1. The summed E-state index contributed by atoms with van der Waals surface area (Å²) in [6, 6.07) is 10.5. The van der Waals surface area contributed by atoms with E-state index in [0.717, 1.165) is 19.5 Å². The molecule has 0 atom stereocenters. The predicted molar refractivity (Wildman–Crippen MR) is 68.4 cm³/mol. The zero-order valence-corrected chi connectivity index (χ0v) is 9.45. The van der Waals surface area contributed by atoms with Crippen molar-refractivity contribution in [3.63, 3.8) is 0 Å². The summed E-state index contributed by atoms with van der Waals surface area (Å²) in [4.78, 5) is 2.48. The Kier molecular flexibility index (Phi) is 7.84. The SMILES string of the molecule is O.O.[B](CN1CCNCC1)c1ccccc1. The van der Waals surface area contributed by atoms with Crippen molar-refractivity contribution in [2.24, 2.45) is 0 Å². The third-order valence-electron chi connectivity index (χ3n) is 2.59. The third kappa shape index (κ3) is 4.76. The number of nitrogens with zero attached hydrogens (tertiary/aromatic N) is 1. The molecule has 1 aliphatic heterocycles. The molecule has 4 nitrogen and oxygen atoms in total. The van der Waals surface area contributed by atoms with Crippen LogP contribution >= 0.6 is 0 Å². The topological polar surface area (TPSA) is 78.3 Å². The fraction of sp³-hybridized carbons (Fsp3) is 0.455. The number of piperazine rings is 1. The number of nitrogens with one attached hydrogen (secondary N) is 1. The molecule has 0 unspecified atom stereocenters. The van der Waals surface area contributed by atoms with Crippen LogP contribution in [0.2, 0.25) is 0 Å². The van der Waals surface area contributed by atoms with E-state index in [1.165, 1.54) is 18.6 Å². The van der Waals surface area contributed by atoms with Gasteiger partial charge in [0.05, 0.1) is 0 Å². The summed E-state index contributed by atoms with van der Waals surface area (Å²) in [5.41, 5.74) is 1.33. The lowest BCUT2D eigenvalue weighted by Gasteiger charge is -2.26. The molecule has 5 heteroatoms. The van der Waals surface area contributed by atoms with Crippen molar-refractivity contribution in [1.82, 2.24) is 10.2 Å². The van der Waals surface area contributed by atoms with Crippen LogP contribution in [0.5, 0.6) is 0 Å². The maximum atomic E-state index is 3.36. The Morgan fingerprint density at radius 3 is 2.31 bits per heavy atom. The van der Waals surface area contributed by atoms with Crippen molar-refractivity contribution in [1.29, 1.82) is 0 Å². The van der Waals surface area contributed by atoms with E-state index in [9.17, 15) is 0 Å². The largest absolute Gasteiger partial charge is 0.412 e. The van der Waals surface area contributed by atoms with Crippen molar-refractivity contribution >= 4 is 12.7 Å². The molecule has 5 N–H and O–H groups in total. The average Bonchev–Trinajstić information content (AvgIpc) is 2.29. The molecule has 1 aliphatic rings. The average molecular weight is 223 g/mol. The predicted octanol–water partition coefficient (Wildman–Crippen LogP) is -1.77. The minimum Gasteiger partial charge on any atom is -0.412 e. The number of benzene rings is 1. The first-order valence-electron chi connectivity index (χ1n) is 5.26. The second-order valence-electron chi connectivity index (χ2n) is 3.67. The van der Waals surface area contributed by atoms with E-state index in [-0.39, 0.29) is 11.0 Å². The number of hydrogen-bond acceptors (Lipinski definition) is 2. The molecular weight excluding hydrogens is 203 g/mol. The molecule has 16 heavy (non-hydrogen) atoms. The van der Waals surface area contributed by atoms with E-state index in [1.807, 2.05) is 0 Å². The van der Waals surface area contributed by atoms with Gasteiger partial charge in [-0.05, 0) is 6.44 Å². The van der Waals surface area contributed by atoms with Crippen LogP contribution in [0.3, 0.4) is 0 Å². The van der Waals surface area contributed by atoms with Crippen molar-refractivity contribution in [3.8, 4) is 0 Å². The highest BCUT2D eigenvalue weighted by atomic mass is 16.0. The summed E-state index contributed by atoms with van der Waals surface area (Å²) in [5, 5.41) is 3.36. The molecule has 0 aromatic heterocycles. The first-order chi connectivity index (χ1) is 6.95.